The Morgan fingerprint density at radius 3 is 3.15 bits per heavy atom. The number of carbonyl (C=O) groups is 1. The first-order valence-corrected chi connectivity index (χ1v) is 8.81. The summed E-state index contributed by atoms with van der Waals surface area (Å²) in [7, 11) is 0. The van der Waals surface area contributed by atoms with Crippen LogP contribution in [0.1, 0.15) is 35.8 Å². The molecule has 0 saturated carbocycles. The summed E-state index contributed by atoms with van der Waals surface area (Å²) in [4.78, 5) is 22.2. The largest absolute Gasteiger partial charge is 0.477 e. The van der Waals surface area contributed by atoms with Gasteiger partial charge in [-0.2, -0.15) is 14.5 Å². The molecule has 8 nitrogen and oxygen atoms in total. The van der Waals surface area contributed by atoms with Gasteiger partial charge < -0.3 is 14.4 Å². The zero-order chi connectivity index (χ0) is 18.1. The van der Waals surface area contributed by atoms with Crippen LogP contribution in [0.2, 0.25) is 0 Å². The van der Waals surface area contributed by atoms with Gasteiger partial charge in [-0.1, -0.05) is 6.92 Å². The molecule has 1 amide bonds. The number of aromatic nitrogens is 4. The highest BCUT2D eigenvalue weighted by Gasteiger charge is 2.32. The van der Waals surface area contributed by atoms with E-state index in [-0.39, 0.29) is 17.9 Å². The molecular weight excluding hydrogens is 341 g/mol. The number of halogens is 1. The number of carbonyl (C=O) groups excluding carboxylic acids is 1. The van der Waals surface area contributed by atoms with Gasteiger partial charge in [0.15, 0.2) is 0 Å². The van der Waals surface area contributed by atoms with E-state index in [2.05, 4.69) is 15.1 Å². The number of aryl methyl sites for hydroxylation is 2. The average Bonchev–Trinajstić information content (AvgIpc) is 3.30. The fraction of sp³-hybridized carbons (Fsp3) is 0.529. The lowest BCUT2D eigenvalue weighted by molar-refractivity contribution is 0.0763. The molecule has 2 aromatic heterocycles. The minimum absolute atomic E-state index is 0.0533. The summed E-state index contributed by atoms with van der Waals surface area (Å²) in [5.74, 6) is -0.196. The second-order valence-electron chi connectivity index (χ2n) is 6.36. The number of amides is 1. The smallest absolute Gasteiger partial charge is 0.261 e. The van der Waals surface area contributed by atoms with Gasteiger partial charge in [0.05, 0.1) is 25.0 Å². The van der Waals surface area contributed by atoms with Gasteiger partial charge in [0.2, 0.25) is 11.7 Å². The summed E-state index contributed by atoms with van der Waals surface area (Å²) >= 11 is 0. The molecule has 0 N–H and O–H groups in total. The maximum atomic E-state index is 14.2. The van der Waals surface area contributed by atoms with Crippen molar-refractivity contribution >= 4 is 5.91 Å². The summed E-state index contributed by atoms with van der Waals surface area (Å²) in [6.07, 6.45) is 4.50. The van der Waals surface area contributed by atoms with Crippen LogP contribution in [0.3, 0.4) is 0 Å². The molecule has 0 unspecified atom stereocenters. The summed E-state index contributed by atoms with van der Waals surface area (Å²) in [6.45, 7) is 4.06. The Morgan fingerprint density at radius 2 is 2.31 bits per heavy atom. The van der Waals surface area contributed by atoms with Crippen LogP contribution in [0.5, 0.6) is 11.8 Å². The lowest BCUT2D eigenvalue weighted by Gasteiger charge is -2.19. The Kier molecular flexibility index (Phi) is 4.44. The van der Waals surface area contributed by atoms with E-state index in [0.717, 1.165) is 13.0 Å². The predicted octanol–water partition coefficient (Wildman–Crippen LogP) is 1.45. The summed E-state index contributed by atoms with van der Waals surface area (Å²) in [5, 5.41) is 4.21. The zero-order valence-electron chi connectivity index (χ0n) is 14.5. The molecule has 0 aromatic carbocycles. The van der Waals surface area contributed by atoms with Crippen LogP contribution >= 0.6 is 0 Å². The Balaban J connectivity index is 1.44. The highest BCUT2D eigenvalue weighted by molar-refractivity contribution is 5.96. The summed E-state index contributed by atoms with van der Waals surface area (Å²) in [6, 6.07) is 0. The molecular formula is C17H20FN5O3. The van der Waals surface area contributed by atoms with E-state index < -0.39 is 5.82 Å². The number of fused-ring (bicyclic) bond motifs is 1. The van der Waals surface area contributed by atoms with Gasteiger partial charge in [0.1, 0.15) is 18.0 Å². The number of nitrogens with zero attached hydrogens (tertiary/aromatic N) is 5. The molecule has 2 aliphatic heterocycles. The van der Waals surface area contributed by atoms with Gasteiger partial charge in [-0.15, -0.1) is 0 Å². The van der Waals surface area contributed by atoms with Crippen molar-refractivity contribution in [3.63, 3.8) is 0 Å². The lowest BCUT2D eigenvalue weighted by atomic mass is 10.3. The van der Waals surface area contributed by atoms with Gasteiger partial charge in [0, 0.05) is 25.9 Å². The predicted molar refractivity (Wildman–Crippen MR) is 88.6 cm³/mol. The van der Waals surface area contributed by atoms with E-state index in [0.29, 0.717) is 49.7 Å². The van der Waals surface area contributed by atoms with Crippen LogP contribution in [0.15, 0.2) is 12.5 Å². The molecule has 26 heavy (non-hydrogen) atoms. The minimum atomic E-state index is -0.529. The monoisotopic (exact) mass is 361 g/mol. The van der Waals surface area contributed by atoms with E-state index in [1.807, 2.05) is 6.92 Å². The molecule has 0 spiro atoms. The van der Waals surface area contributed by atoms with E-state index in [1.54, 1.807) is 15.8 Å². The van der Waals surface area contributed by atoms with Crippen LogP contribution in [0.4, 0.5) is 4.39 Å². The maximum Gasteiger partial charge on any atom is 0.261 e. The molecule has 1 saturated heterocycles. The third-order valence-corrected chi connectivity index (χ3v) is 4.65. The number of hydrogen-bond donors (Lipinski definition) is 0. The quantitative estimate of drug-likeness (QED) is 0.820. The van der Waals surface area contributed by atoms with Crippen LogP contribution in [-0.2, 0) is 13.0 Å². The van der Waals surface area contributed by atoms with Crippen molar-refractivity contribution in [2.24, 2.45) is 0 Å². The summed E-state index contributed by atoms with van der Waals surface area (Å²) in [5.41, 5.74) is 0.788. The zero-order valence-corrected chi connectivity index (χ0v) is 14.5. The normalized spacial score (nSPS) is 19.2. The average molecular weight is 361 g/mol. The van der Waals surface area contributed by atoms with Crippen LogP contribution in [0, 0.1) is 5.82 Å². The first-order valence-electron chi connectivity index (χ1n) is 8.81. The highest BCUT2D eigenvalue weighted by atomic mass is 19.1. The molecule has 1 fully saturated rings. The van der Waals surface area contributed by atoms with Crippen molar-refractivity contribution in [2.75, 3.05) is 19.7 Å². The third kappa shape index (κ3) is 2.97. The van der Waals surface area contributed by atoms with E-state index in [9.17, 15) is 9.18 Å². The Bertz CT molecular complexity index is 825. The first-order chi connectivity index (χ1) is 12.7. The SMILES string of the molecule is CCc1ncnc(O[C@@H]2CCN(C(=O)c3cnn4c3OCCC4)C2)c1F. The first kappa shape index (κ1) is 16.7. The number of rotatable bonds is 4. The standard InChI is InChI=1S/C17H20FN5O3/c1-2-13-14(18)15(20-10-19-13)26-11-4-6-22(9-11)16(24)12-8-21-23-5-3-7-25-17(12)23/h8,10-11H,2-7,9H2,1H3/t11-/m1/s1. The van der Waals surface area contributed by atoms with Crippen LogP contribution in [-0.4, -0.2) is 56.4 Å². The highest BCUT2D eigenvalue weighted by Crippen LogP contribution is 2.26. The van der Waals surface area contributed by atoms with Crippen molar-refractivity contribution in [2.45, 2.75) is 38.8 Å². The van der Waals surface area contributed by atoms with Gasteiger partial charge >= 0.3 is 0 Å². The fourth-order valence-corrected chi connectivity index (χ4v) is 3.27. The van der Waals surface area contributed by atoms with E-state index in [4.69, 9.17) is 9.47 Å². The summed E-state index contributed by atoms with van der Waals surface area (Å²) < 4.78 is 27.2. The topological polar surface area (TPSA) is 82.4 Å². The Morgan fingerprint density at radius 1 is 1.42 bits per heavy atom. The second-order valence-corrected chi connectivity index (χ2v) is 6.36. The minimum Gasteiger partial charge on any atom is -0.477 e. The Hall–Kier alpha value is -2.71. The molecule has 0 bridgehead atoms. The maximum absolute atomic E-state index is 14.2. The molecule has 0 radical (unpaired) electrons. The number of ether oxygens (including phenoxy) is 2. The van der Waals surface area contributed by atoms with E-state index >= 15 is 0 Å². The molecule has 2 aliphatic rings. The van der Waals surface area contributed by atoms with Crippen LogP contribution < -0.4 is 9.47 Å². The van der Waals surface area contributed by atoms with Crippen molar-refractivity contribution < 1.29 is 18.7 Å². The molecule has 1 atom stereocenters. The molecule has 4 heterocycles. The molecule has 9 heteroatoms. The van der Waals surface area contributed by atoms with Crippen molar-refractivity contribution in [3.05, 3.63) is 29.6 Å². The Labute approximate surface area is 149 Å². The number of likely N-dealkylation sites (tertiary alicyclic amines) is 1. The van der Waals surface area contributed by atoms with Crippen molar-refractivity contribution in [1.29, 1.82) is 0 Å². The lowest BCUT2D eigenvalue weighted by Crippen LogP contribution is -2.31. The van der Waals surface area contributed by atoms with Gasteiger partial charge in [0.25, 0.3) is 11.8 Å². The third-order valence-electron chi connectivity index (χ3n) is 4.65. The van der Waals surface area contributed by atoms with Crippen LogP contribution in [0.25, 0.3) is 0 Å². The van der Waals surface area contributed by atoms with Gasteiger partial charge in [-0.3, -0.25) is 4.79 Å². The molecule has 0 aliphatic carbocycles. The van der Waals surface area contributed by atoms with Gasteiger partial charge in [-0.25, -0.2) is 9.67 Å². The van der Waals surface area contributed by atoms with Crippen molar-refractivity contribution in [1.82, 2.24) is 24.6 Å². The number of hydrogen-bond acceptors (Lipinski definition) is 6. The van der Waals surface area contributed by atoms with Crippen molar-refractivity contribution in [3.8, 4) is 11.8 Å². The van der Waals surface area contributed by atoms with E-state index in [1.165, 1.54) is 6.33 Å². The fourth-order valence-electron chi connectivity index (χ4n) is 3.27. The van der Waals surface area contributed by atoms with Gasteiger partial charge in [-0.05, 0) is 6.42 Å². The molecule has 2 aromatic rings. The molecule has 138 valence electrons. The second kappa shape index (κ2) is 6.89. The molecule has 4 rings (SSSR count).